The normalized spacial score (nSPS) is 8.93. The van der Waals surface area contributed by atoms with E-state index in [4.69, 9.17) is 10.2 Å². The number of halogens is 1. The van der Waals surface area contributed by atoms with Gasteiger partial charge in [-0.3, -0.25) is 4.79 Å². The number of carboxylic acids is 1. The lowest BCUT2D eigenvalue weighted by atomic mass is 10.3. The molecule has 0 heterocycles. The smallest absolute Gasteiger partial charge is 0.323 e. The summed E-state index contributed by atoms with van der Waals surface area (Å²) >= 11 is 0. The number of anilines is 1. The van der Waals surface area contributed by atoms with Gasteiger partial charge in [-0.2, -0.15) is 0 Å². The number of hydrogen-bond acceptors (Lipinski definition) is 3. The highest BCUT2D eigenvalue weighted by Crippen LogP contribution is 2.16. The maximum absolute atomic E-state index is 10.4. The van der Waals surface area contributed by atoms with Gasteiger partial charge in [0.05, 0.1) is 0 Å². The predicted octanol–water partition coefficient (Wildman–Crippen LogP) is 1.33. The van der Waals surface area contributed by atoms with E-state index in [0.29, 0.717) is 0 Å². The Kier molecular flexibility index (Phi) is 4.80. The first-order valence-corrected chi connectivity index (χ1v) is 3.81. The highest BCUT2D eigenvalue weighted by Gasteiger charge is 2.04. The number of hydrogen-bond donors (Lipinski definition) is 2. The number of aliphatic carboxylic acids is 1. The third-order valence-electron chi connectivity index (χ3n) is 1.66. The van der Waals surface area contributed by atoms with Crippen LogP contribution in [0.25, 0.3) is 0 Å². The molecule has 1 aromatic carbocycles. The Morgan fingerprint density at radius 3 is 2.29 bits per heavy atom. The van der Waals surface area contributed by atoms with E-state index in [9.17, 15) is 4.79 Å². The maximum Gasteiger partial charge on any atom is 0.323 e. The molecule has 0 fully saturated rings. The molecule has 14 heavy (non-hydrogen) atoms. The van der Waals surface area contributed by atoms with Gasteiger partial charge in [-0.05, 0) is 24.3 Å². The number of phenolic OH excluding ortho intramolecular Hbond substituents is 1. The Hall–Kier alpha value is -1.42. The van der Waals surface area contributed by atoms with Crippen LogP contribution in [0.1, 0.15) is 0 Å². The Morgan fingerprint density at radius 1 is 1.36 bits per heavy atom. The third-order valence-corrected chi connectivity index (χ3v) is 1.66. The average Bonchev–Trinajstić information content (AvgIpc) is 2.04. The third kappa shape index (κ3) is 3.53. The van der Waals surface area contributed by atoms with Crippen LogP contribution in [0.4, 0.5) is 5.69 Å². The van der Waals surface area contributed by atoms with E-state index in [1.807, 2.05) is 0 Å². The molecule has 0 aliphatic rings. The first-order valence-electron chi connectivity index (χ1n) is 3.81. The number of benzene rings is 1. The van der Waals surface area contributed by atoms with Crippen LogP contribution >= 0.6 is 12.4 Å². The minimum Gasteiger partial charge on any atom is -0.508 e. The van der Waals surface area contributed by atoms with Crippen LogP contribution < -0.4 is 4.90 Å². The fraction of sp³-hybridized carbons (Fsp3) is 0.222. The van der Waals surface area contributed by atoms with Crippen LogP contribution in [0.3, 0.4) is 0 Å². The lowest BCUT2D eigenvalue weighted by Crippen LogP contribution is -2.24. The first-order chi connectivity index (χ1) is 6.09. The van der Waals surface area contributed by atoms with E-state index in [1.54, 1.807) is 24.1 Å². The number of nitrogens with zero attached hydrogens (tertiary/aromatic N) is 1. The Labute approximate surface area is 88.2 Å². The van der Waals surface area contributed by atoms with Gasteiger partial charge < -0.3 is 15.1 Å². The van der Waals surface area contributed by atoms with Gasteiger partial charge in [0.2, 0.25) is 0 Å². The summed E-state index contributed by atoms with van der Waals surface area (Å²) in [5.74, 6) is -0.706. The molecule has 78 valence electrons. The zero-order valence-electron chi connectivity index (χ0n) is 7.67. The summed E-state index contributed by atoms with van der Waals surface area (Å²) in [4.78, 5) is 11.9. The molecule has 1 aromatic rings. The molecule has 0 aromatic heterocycles. The number of carboxylic acid groups (broad SMARTS) is 1. The van der Waals surface area contributed by atoms with Crippen LogP contribution in [0.15, 0.2) is 24.3 Å². The van der Waals surface area contributed by atoms with Crippen LogP contribution in [-0.4, -0.2) is 29.8 Å². The monoisotopic (exact) mass is 217 g/mol. The highest BCUT2D eigenvalue weighted by molar-refractivity contribution is 5.85. The summed E-state index contributed by atoms with van der Waals surface area (Å²) in [6.07, 6.45) is 0. The summed E-state index contributed by atoms with van der Waals surface area (Å²) in [5.41, 5.74) is 0.764. The number of likely N-dealkylation sites (N-methyl/N-ethyl adjacent to an activating group) is 1. The van der Waals surface area contributed by atoms with Crippen molar-refractivity contribution in [3.8, 4) is 5.75 Å². The van der Waals surface area contributed by atoms with Gasteiger partial charge in [-0.1, -0.05) is 0 Å². The van der Waals surface area contributed by atoms with Crippen molar-refractivity contribution >= 4 is 24.1 Å². The van der Waals surface area contributed by atoms with E-state index < -0.39 is 5.97 Å². The number of phenols is 1. The summed E-state index contributed by atoms with van der Waals surface area (Å²) in [5, 5.41) is 17.5. The van der Waals surface area contributed by atoms with Gasteiger partial charge in [0.1, 0.15) is 12.3 Å². The molecule has 0 bridgehead atoms. The SMILES string of the molecule is CN(CC(=O)O)c1ccc(O)cc1.Cl. The average molecular weight is 218 g/mol. The maximum atomic E-state index is 10.4. The molecule has 0 saturated heterocycles. The molecule has 5 heteroatoms. The fourth-order valence-corrected chi connectivity index (χ4v) is 1.00. The van der Waals surface area contributed by atoms with Crippen molar-refractivity contribution in [1.29, 1.82) is 0 Å². The van der Waals surface area contributed by atoms with E-state index in [1.165, 1.54) is 12.1 Å². The number of rotatable bonds is 3. The molecule has 0 aliphatic carbocycles. The van der Waals surface area contributed by atoms with Gasteiger partial charge >= 0.3 is 5.97 Å². The fourth-order valence-electron chi connectivity index (χ4n) is 1.00. The largest absolute Gasteiger partial charge is 0.508 e. The molecule has 0 saturated carbocycles. The van der Waals surface area contributed by atoms with Gasteiger partial charge in [-0.25, -0.2) is 0 Å². The molecule has 1 rings (SSSR count). The van der Waals surface area contributed by atoms with Crippen molar-refractivity contribution in [2.24, 2.45) is 0 Å². The Bertz CT molecular complexity index is 299. The number of aromatic hydroxyl groups is 1. The lowest BCUT2D eigenvalue weighted by molar-refractivity contribution is -0.135. The van der Waals surface area contributed by atoms with E-state index in [-0.39, 0.29) is 24.7 Å². The Balaban J connectivity index is 0.00000169. The molecular formula is C9H12ClNO3. The number of carbonyl (C=O) groups is 1. The van der Waals surface area contributed by atoms with Gasteiger partial charge in [0, 0.05) is 12.7 Å². The van der Waals surface area contributed by atoms with Gasteiger partial charge in [0.25, 0.3) is 0 Å². The molecule has 0 atom stereocenters. The molecular weight excluding hydrogens is 206 g/mol. The minimum atomic E-state index is -0.879. The van der Waals surface area contributed by atoms with Gasteiger partial charge in [-0.15, -0.1) is 12.4 Å². The Morgan fingerprint density at radius 2 is 1.86 bits per heavy atom. The summed E-state index contributed by atoms with van der Waals surface area (Å²) in [7, 11) is 1.68. The summed E-state index contributed by atoms with van der Waals surface area (Å²) in [6, 6.07) is 6.37. The quantitative estimate of drug-likeness (QED) is 0.802. The second-order valence-corrected chi connectivity index (χ2v) is 2.77. The molecule has 0 amide bonds. The van der Waals surface area contributed by atoms with E-state index in [2.05, 4.69) is 0 Å². The zero-order valence-corrected chi connectivity index (χ0v) is 8.49. The second-order valence-electron chi connectivity index (χ2n) is 2.77. The topological polar surface area (TPSA) is 60.8 Å². The summed E-state index contributed by atoms with van der Waals surface area (Å²) < 4.78 is 0. The van der Waals surface area contributed by atoms with Crippen LogP contribution in [0.5, 0.6) is 5.75 Å². The predicted molar refractivity (Wildman–Crippen MR) is 56.3 cm³/mol. The van der Waals surface area contributed by atoms with Crippen molar-refractivity contribution < 1.29 is 15.0 Å². The zero-order chi connectivity index (χ0) is 9.84. The molecule has 0 radical (unpaired) electrons. The lowest BCUT2D eigenvalue weighted by Gasteiger charge is -2.16. The minimum absolute atomic E-state index is 0. The summed E-state index contributed by atoms with van der Waals surface area (Å²) in [6.45, 7) is -0.0508. The van der Waals surface area contributed by atoms with Crippen LogP contribution in [0, 0.1) is 0 Å². The van der Waals surface area contributed by atoms with E-state index >= 15 is 0 Å². The van der Waals surface area contributed by atoms with Crippen LogP contribution in [-0.2, 0) is 4.79 Å². The van der Waals surface area contributed by atoms with Gasteiger partial charge in [0.15, 0.2) is 0 Å². The standard InChI is InChI=1S/C9H11NO3.ClH/c1-10(6-9(12)13)7-2-4-8(11)5-3-7;/h2-5,11H,6H2,1H3,(H,12,13);1H. The molecule has 0 unspecified atom stereocenters. The van der Waals surface area contributed by atoms with Crippen molar-refractivity contribution in [2.45, 2.75) is 0 Å². The molecule has 0 spiro atoms. The van der Waals surface area contributed by atoms with Crippen LogP contribution in [0.2, 0.25) is 0 Å². The van der Waals surface area contributed by atoms with Crippen molar-refractivity contribution in [2.75, 3.05) is 18.5 Å². The molecule has 2 N–H and O–H groups in total. The first kappa shape index (κ1) is 12.6. The van der Waals surface area contributed by atoms with Crippen molar-refractivity contribution in [3.63, 3.8) is 0 Å². The van der Waals surface area contributed by atoms with Crippen molar-refractivity contribution in [1.82, 2.24) is 0 Å². The highest BCUT2D eigenvalue weighted by atomic mass is 35.5. The van der Waals surface area contributed by atoms with Crippen molar-refractivity contribution in [3.05, 3.63) is 24.3 Å². The molecule has 0 aliphatic heterocycles. The van der Waals surface area contributed by atoms with E-state index in [0.717, 1.165) is 5.69 Å². The second kappa shape index (κ2) is 5.34. The molecule has 4 nitrogen and oxygen atoms in total.